The standard InChI is InChI=1S/C35H30FN5O10S/c36-25-14-23(3-6-26(25)42)37-27(43)16-39-10-7-19(8-11-39)15-40-12-9-21(31(40)45)13-22-18-52-33-29(32(46)41(33)30(22)35(49)50)38-28(44)17-51-24-4-1-20(2-5-24)34(47)48/h1-8,10-11,13-14,29,33H,9,12,15-18H2,(H4-,37,38,42,43,44,47,48,49,50)/p+1/b21-13+/t29-,33-/m1/s1. The normalized spacial score (nSPS) is 18.9. The van der Waals surface area contributed by atoms with Gasteiger partial charge in [0.05, 0.1) is 5.56 Å². The summed E-state index contributed by atoms with van der Waals surface area (Å²) < 4.78 is 20.5. The van der Waals surface area contributed by atoms with Crippen LogP contribution in [0.2, 0.25) is 0 Å². The molecule has 0 spiro atoms. The number of carboxylic acid groups (broad SMARTS) is 2. The number of β-lactam (4-membered cyclic amide) rings is 1. The Labute approximate surface area is 299 Å². The third-order valence-electron chi connectivity index (χ3n) is 8.44. The molecule has 4 heterocycles. The summed E-state index contributed by atoms with van der Waals surface area (Å²) in [4.78, 5) is 77.4. The van der Waals surface area contributed by atoms with E-state index in [1.807, 2.05) is 0 Å². The first-order chi connectivity index (χ1) is 24.9. The predicted molar refractivity (Wildman–Crippen MR) is 180 cm³/mol. The molecule has 2 fully saturated rings. The monoisotopic (exact) mass is 732 g/mol. The Kier molecular flexibility index (Phi) is 10.2. The number of aromatic carboxylic acids is 1. The first-order valence-electron chi connectivity index (χ1n) is 15.8. The lowest BCUT2D eigenvalue weighted by molar-refractivity contribution is -0.684. The van der Waals surface area contributed by atoms with Crippen LogP contribution in [0.3, 0.4) is 0 Å². The zero-order chi connectivity index (χ0) is 37.1. The van der Waals surface area contributed by atoms with Crippen LogP contribution in [0.1, 0.15) is 22.3 Å². The van der Waals surface area contributed by atoms with Gasteiger partial charge in [-0.05, 0) is 60.0 Å². The fourth-order valence-corrected chi connectivity index (χ4v) is 7.15. The van der Waals surface area contributed by atoms with Crippen LogP contribution in [0, 0.1) is 5.82 Å². The van der Waals surface area contributed by atoms with Gasteiger partial charge in [-0.15, -0.1) is 11.8 Å². The number of phenols is 1. The number of carboxylic acids is 2. The van der Waals surface area contributed by atoms with E-state index in [0.717, 1.165) is 22.6 Å². The van der Waals surface area contributed by atoms with Crippen molar-refractivity contribution in [3.8, 4) is 11.5 Å². The minimum absolute atomic E-state index is 0.0512. The summed E-state index contributed by atoms with van der Waals surface area (Å²) in [5.41, 5.74) is 1.49. The van der Waals surface area contributed by atoms with Gasteiger partial charge in [-0.1, -0.05) is 0 Å². The molecule has 15 nitrogen and oxygen atoms in total. The highest BCUT2D eigenvalue weighted by atomic mass is 32.2. The van der Waals surface area contributed by atoms with Crippen LogP contribution in [0.25, 0.3) is 0 Å². The number of ether oxygens (including phenoxy) is 1. The Morgan fingerprint density at radius 1 is 1.00 bits per heavy atom. The van der Waals surface area contributed by atoms with Gasteiger partial charge in [0.15, 0.2) is 30.6 Å². The second kappa shape index (κ2) is 14.9. The maximum Gasteiger partial charge on any atom is 0.352 e. The average Bonchev–Trinajstić information content (AvgIpc) is 3.45. The van der Waals surface area contributed by atoms with Gasteiger partial charge in [0.2, 0.25) is 12.5 Å². The number of carbonyl (C=O) groups excluding carboxylic acids is 4. The Balaban J connectivity index is 1.03. The Morgan fingerprint density at radius 2 is 1.73 bits per heavy atom. The number of hydrogen-bond acceptors (Lipinski definition) is 9. The van der Waals surface area contributed by atoms with E-state index in [0.29, 0.717) is 24.1 Å². The van der Waals surface area contributed by atoms with Crippen molar-refractivity contribution in [1.82, 2.24) is 15.1 Å². The number of anilines is 1. The molecular weight excluding hydrogens is 701 g/mol. The van der Waals surface area contributed by atoms with Crippen molar-refractivity contribution in [3.63, 3.8) is 0 Å². The molecule has 0 saturated carbocycles. The van der Waals surface area contributed by atoms with Crippen molar-refractivity contribution >= 4 is 53.0 Å². The minimum Gasteiger partial charge on any atom is -0.505 e. The van der Waals surface area contributed by atoms with E-state index >= 15 is 0 Å². The van der Waals surface area contributed by atoms with Crippen LogP contribution in [0.15, 0.2) is 89.9 Å². The number of aromatic hydroxyl groups is 1. The molecule has 0 radical (unpaired) electrons. The van der Waals surface area contributed by atoms with Crippen LogP contribution in [-0.2, 0) is 37.1 Å². The molecule has 17 heteroatoms. The van der Waals surface area contributed by atoms with E-state index in [-0.39, 0.29) is 47.4 Å². The van der Waals surface area contributed by atoms with Gasteiger partial charge in [0.25, 0.3) is 17.7 Å². The summed E-state index contributed by atoms with van der Waals surface area (Å²) in [5.74, 6) is -5.31. The molecule has 0 bridgehead atoms. The molecule has 6 rings (SSSR count). The van der Waals surface area contributed by atoms with Crippen molar-refractivity contribution in [2.45, 2.75) is 30.9 Å². The van der Waals surface area contributed by atoms with Crippen molar-refractivity contribution < 1.29 is 57.8 Å². The van der Waals surface area contributed by atoms with Crippen molar-refractivity contribution in [1.29, 1.82) is 0 Å². The maximum atomic E-state index is 13.6. The number of halogens is 1. The van der Waals surface area contributed by atoms with Gasteiger partial charge in [0.1, 0.15) is 22.9 Å². The lowest BCUT2D eigenvalue weighted by Crippen LogP contribution is -2.70. The van der Waals surface area contributed by atoms with Gasteiger partial charge in [-0.3, -0.25) is 24.1 Å². The third-order valence-corrected chi connectivity index (χ3v) is 9.74. The Hall–Kier alpha value is -6.23. The number of pyridine rings is 1. The van der Waals surface area contributed by atoms with Gasteiger partial charge in [-0.2, -0.15) is 4.57 Å². The zero-order valence-electron chi connectivity index (χ0n) is 27.2. The van der Waals surface area contributed by atoms with E-state index in [4.69, 9.17) is 9.84 Å². The molecule has 0 aliphatic carbocycles. The number of allylic oxidation sites excluding steroid dienone is 1. The fourth-order valence-electron chi connectivity index (χ4n) is 5.84. The van der Waals surface area contributed by atoms with Crippen LogP contribution in [-0.4, -0.2) is 91.0 Å². The number of aliphatic carboxylic acids is 1. The topological polar surface area (TPSA) is 207 Å². The number of hydrogen-bond donors (Lipinski definition) is 5. The van der Waals surface area contributed by atoms with Gasteiger partial charge in [-0.25, -0.2) is 14.0 Å². The highest BCUT2D eigenvalue weighted by Gasteiger charge is 2.54. The molecule has 4 amide bonds. The van der Waals surface area contributed by atoms with Crippen LogP contribution in [0.4, 0.5) is 10.1 Å². The van der Waals surface area contributed by atoms with E-state index in [1.165, 1.54) is 48.2 Å². The molecule has 5 N–H and O–H groups in total. The molecule has 3 aliphatic rings. The molecule has 52 heavy (non-hydrogen) atoms. The number of fused-ring (bicyclic) bond motifs is 1. The van der Waals surface area contributed by atoms with Gasteiger partial charge < -0.3 is 35.6 Å². The van der Waals surface area contributed by atoms with Crippen molar-refractivity contribution in [2.75, 3.05) is 24.2 Å². The molecule has 3 aromatic rings. The van der Waals surface area contributed by atoms with Crippen LogP contribution >= 0.6 is 11.8 Å². The van der Waals surface area contributed by atoms with Crippen molar-refractivity contribution in [3.05, 3.63) is 107 Å². The predicted octanol–water partition coefficient (Wildman–Crippen LogP) is 1.63. The molecule has 268 valence electrons. The fraction of sp³-hybridized carbons (Fsp3) is 0.229. The molecule has 3 aliphatic heterocycles. The third kappa shape index (κ3) is 7.73. The number of phenolic OH excluding ortho intramolecular Hbond substituents is 1. The summed E-state index contributed by atoms with van der Waals surface area (Å²) in [6.07, 6.45) is 5.21. The smallest absolute Gasteiger partial charge is 0.352 e. The number of rotatable bonds is 12. The maximum absolute atomic E-state index is 13.6. The van der Waals surface area contributed by atoms with E-state index in [1.54, 1.807) is 34.0 Å². The quantitative estimate of drug-likeness (QED) is 0.0783. The van der Waals surface area contributed by atoms with E-state index in [2.05, 4.69) is 10.6 Å². The molecule has 2 atom stereocenters. The Bertz CT molecular complexity index is 2040. The number of benzene rings is 2. The van der Waals surface area contributed by atoms with Crippen molar-refractivity contribution in [2.24, 2.45) is 0 Å². The number of aromatic nitrogens is 1. The molecular formula is C35H31FN5O10S+. The number of amides is 4. The highest BCUT2D eigenvalue weighted by Crippen LogP contribution is 2.41. The average molecular weight is 733 g/mol. The second-order valence-electron chi connectivity index (χ2n) is 12.0. The zero-order valence-corrected chi connectivity index (χ0v) is 28.0. The second-order valence-corrected chi connectivity index (χ2v) is 13.1. The first kappa shape index (κ1) is 35.6. The summed E-state index contributed by atoms with van der Waals surface area (Å²) in [5, 5.41) is 32.8. The summed E-state index contributed by atoms with van der Waals surface area (Å²) >= 11 is 1.26. The SMILES string of the molecule is O=C(C[n+]1ccc(CN2CC/C(=C\C3=C(C(=O)O)N4C(=O)[C@@H](NC(=O)COc5ccc(C(=O)O)cc5)[C@H]4SC3)C2=O)cc1)Nc1ccc(O)c(F)c1. The lowest BCUT2D eigenvalue weighted by atomic mass is 10.0. The molecule has 0 unspecified atom stereocenters. The lowest BCUT2D eigenvalue weighted by Gasteiger charge is -2.49. The first-order valence-corrected chi connectivity index (χ1v) is 16.9. The number of carbonyl (C=O) groups is 6. The summed E-state index contributed by atoms with van der Waals surface area (Å²) in [6, 6.07) is 11.5. The van der Waals surface area contributed by atoms with Gasteiger partial charge >= 0.3 is 11.9 Å². The summed E-state index contributed by atoms with van der Waals surface area (Å²) in [7, 11) is 0. The van der Waals surface area contributed by atoms with E-state index < -0.39 is 59.2 Å². The van der Waals surface area contributed by atoms with Crippen LogP contribution in [0.5, 0.6) is 11.5 Å². The Morgan fingerprint density at radius 3 is 2.40 bits per heavy atom. The van der Waals surface area contributed by atoms with Gasteiger partial charge in [0, 0.05) is 48.3 Å². The molecule has 2 aromatic carbocycles. The number of nitrogens with one attached hydrogen (secondary N) is 2. The number of nitrogens with zero attached hydrogens (tertiary/aromatic N) is 3. The van der Waals surface area contributed by atoms with E-state index in [9.17, 15) is 43.4 Å². The van der Waals surface area contributed by atoms with Crippen LogP contribution < -0.4 is 19.9 Å². The minimum atomic E-state index is -1.34. The number of likely N-dealkylation sites (tertiary alicyclic amines) is 1. The molecule has 2 saturated heterocycles. The number of thioether (sulfide) groups is 1. The largest absolute Gasteiger partial charge is 0.505 e. The highest BCUT2D eigenvalue weighted by molar-refractivity contribution is 8.00. The summed E-state index contributed by atoms with van der Waals surface area (Å²) in [6.45, 7) is 0.141. The molecule has 1 aromatic heterocycles.